The number of nitrogens with one attached hydrogen (secondary N) is 1. The van der Waals surface area contributed by atoms with Crippen LogP contribution >= 0.6 is 15.9 Å². The third-order valence-corrected chi connectivity index (χ3v) is 3.83. The van der Waals surface area contributed by atoms with Crippen LogP contribution in [0.5, 0.6) is 0 Å². The fourth-order valence-corrected chi connectivity index (χ4v) is 2.65. The zero-order valence-corrected chi connectivity index (χ0v) is 10.7. The first-order valence-corrected chi connectivity index (χ1v) is 6.40. The molecule has 0 radical (unpaired) electrons. The number of aliphatic hydroxyl groups excluding tert-OH is 1. The van der Waals surface area contributed by atoms with Crippen LogP contribution in [0.15, 0.2) is 17.0 Å². The monoisotopic (exact) mass is 285 g/mol. The average molecular weight is 286 g/mol. The topological polar surface area (TPSA) is 58.0 Å². The number of halogens is 1. The first kappa shape index (κ1) is 11.8. The van der Waals surface area contributed by atoms with E-state index in [1.54, 1.807) is 6.20 Å². The highest BCUT2D eigenvalue weighted by molar-refractivity contribution is 9.10. The normalized spacial score (nSPS) is 24.6. The number of hydrogen-bond donors (Lipinski definition) is 2. The minimum atomic E-state index is 0.303. The Morgan fingerprint density at radius 1 is 1.44 bits per heavy atom. The molecule has 0 spiro atoms. The Bertz CT molecular complexity index is 348. The maximum atomic E-state index is 9.23. The lowest BCUT2D eigenvalue weighted by Gasteiger charge is -2.18. The van der Waals surface area contributed by atoms with Gasteiger partial charge in [-0.15, -0.1) is 0 Å². The van der Waals surface area contributed by atoms with Gasteiger partial charge in [-0.25, -0.2) is 9.97 Å². The lowest BCUT2D eigenvalue weighted by Crippen LogP contribution is -2.21. The Labute approximate surface area is 104 Å². The summed E-state index contributed by atoms with van der Waals surface area (Å²) in [6.45, 7) is 1.18. The third kappa shape index (κ3) is 2.71. The minimum Gasteiger partial charge on any atom is -0.396 e. The summed E-state index contributed by atoms with van der Waals surface area (Å²) in [7, 11) is 0. The molecular weight excluding hydrogens is 270 g/mol. The summed E-state index contributed by atoms with van der Waals surface area (Å²) >= 11 is 3.40. The second-order valence-corrected chi connectivity index (χ2v) is 5.09. The van der Waals surface area contributed by atoms with Crippen molar-refractivity contribution >= 4 is 21.7 Å². The molecule has 0 amide bonds. The van der Waals surface area contributed by atoms with Gasteiger partial charge in [-0.05, 0) is 40.6 Å². The highest BCUT2D eigenvalue weighted by Crippen LogP contribution is 2.31. The molecule has 1 saturated carbocycles. The van der Waals surface area contributed by atoms with E-state index in [2.05, 4.69) is 31.2 Å². The lowest BCUT2D eigenvalue weighted by molar-refractivity contribution is 0.199. The zero-order chi connectivity index (χ0) is 11.4. The van der Waals surface area contributed by atoms with Crippen LogP contribution in [0.4, 0.5) is 5.82 Å². The molecule has 2 rings (SSSR count). The van der Waals surface area contributed by atoms with Crippen LogP contribution < -0.4 is 5.32 Å². The minimum absolute atomic E-state index is 0.303. The van der Waals surface area contributed by atoms with Gasteiger partial charge < -0.3 is 10.4 Å². The van der Waals surface area contributed by atoms with Gasteiger partial charge in [0, 0.05) is 19.3 Å². The van der Waals surface area contributed by atoms with Gasteiger partial charge in [0.2, 0.25) is 0 Å². The fourth-order valence-electron chi connectivity index (χ4n) is 2.29. The molecule has 2 atom stereocenters. The molecule has 0 aromatic carbocycles. The molecule has 2 N–H and O–H groups in total. The number of anilines is 1. The lowest BCUT2D eigenvalue weighted by atomic mass is 9.97. The molecule has 4 nitrogen and oxygen atoms in total. The van der Waals surface area contributed by atoms with Gasteiger partial charge >= 0.3 is 0 Å². The van der Waals surface area contributed by atoms with Crippen molar-refractivity contribution in [2.24, 2.45) is 11.8 Å². The van der Waals surface area contributed by atoms with Gasteiger partial charge in [0.1, 0.15) is 12.1 Å². The maximum absolute atomic E-state index is 9.23. The molecule has 1 aromatic heterocycles. The first-order valence-electron chi connectivity index (χ1n) is 5.61. The van der Waals surface area contributed by atoms with Gasteiger partial charge in [0.25, 0.3) is 0 Å². The SMILES string of the molecule is OCC1CCCC1CNc1ncncc1Br. The van der Waals surface area contributed by atoms with E-state index in [1.165, 1.54) is 19.2 Å². The van der Waals surface area contributed by atoms with E-state index in [1.807, 2.05) is 0 Å². The zero-order valence-electron chi connectivity index (χ0n) is 9.06. The van der Waals surface area contributed by atoms with Crippen molar-refractivity contribution in [1.82, 2.24) is 9.97 Å². The summed E-state index contributed by atoms with van der Waals surface area (Å²) in [5, 5.41) is 12.5. The van der Waals surface area contributed by atoms with Crippen LogP contribution in [0, 0.1) is 11.8 Å². The van der Waals surface area contributed by atoms with E-state index in [4.69, 9.17) is 0 Å². The Hall–Kier alpha value is -0.680. The molecule has 5 heteroatoms. The van der Waals surface area contributed by atoms with Crippen molar-refractivity contribution < 1.29 is 5.11 Å². The summed E-state index contributed by atoms with van der Waals surface area (Å²) in [4.78, 5) is 8.08. The average Bonchev–Trinajstić information content (AvgIpc) is 2.75. The van der Waals surface area contributed by atoms with Crippen molar-refractivity contribution in [3.05, 3.63) is 17.0 Å². The summed E-state index contributed by atoms with van der Waals surface area (Å²) in [6, 6.07) is 0. The molecule has 0 bridgehead atoms. The summed E-state index contributed by atoms with van der Waals surface area (Å²) in [5.74, 6) is 1.85. The molecule has 1 heterocycles. The summed E-state index contributed by atoms with van der Waals surface area (Å²) in [5.41, 5.74) is 0. The summed E-state index contributed by atoms with van der Waals surface area (Å²) in [6.07, 6.45) is 6.83. The number of aliphatic hydroxyl groups is 1. The molecule has 1 fully saturated rings. The fraction of sp³-hybridized carbons (Fsp3) is 0.636. The Morgan fingerprint density at radius 2 is 2.25 bits per heavy atom. The van der Waals surface area contributed by atoms with Gasteiger partial charge in [-0.2, -0.15) is 0 Å². The van der Waals surface area contributed by atoms with Crippen LogP contribution in [0.3, 0.4) is 0 Å². The second kappa shape index (κ2) is 5.59. The summed E-state index contributed by atoms with van der Waals surface area (Å²) < 4.78 is 0.883. The van der Waals surface area contributed by atoms with E-state index in [0.29, 0.717) is 18.4 Å². The predicted molar refractivity (Wildman–Crippen MR) is 66.1 cm³/mol. The third-order valence-electron chi connectivity index (χ3n) is 3.25. The van der Waals surface area contributed by atoms with Crippen molar-refractivity contribution in [2.75, 3.05) is 18.5 Å². The van der Waals surface area contributed by atoms with Crippen LogP contribution in [0.25, 0.3) is 0 Å². The molecule has 0 saturated heterocycles. The molecule has 16 heavy (non-hydrogen) atoms. The number of nitrogens with zero attached hydrogens (tertiary/aromatic N) is 2. The number of aromatic nitrogens is 2. The Kier molecular flexibility index (Phi) is 4.12. The van der Waals surface area contributed by atoms with Gasteiger partial charge in [0.05, 0.1) is 4.47 Å². The quantitative estimate of drug-likeness (QED) is 0.889. The smallest absolute Gasteiger partial charge is 0.143 e. The first-order chi connectivity index (χ1) is 7.81. The molecule has 1 aromatic rings. The molecule has 88 valence electrons. The van der Waals surface area contributed by atoms with Crippen molar-refractivity contribution in [1.29, 1.82) is 0 Å². The van der Waals surface area contributed by atoms with Gasteiger partial charge in [0.15, 0.2) is 0 Å². The van der Waals surface area contributed by atoms with Crippen LogP contribution in [0.2, 0.25) is 0 Å². The van der Waals surface area contributed by atoms with Crippen molar-refractivity contribution in [3.63, 3.8) is 0 Å². The molecular formula is C11H16BrN3O. The van der Waals surface area contributed by atoms with Gasteiger partial charge in [-0.3, -0.25) is 0 Å². The van der Waals surface area contributed by atoms with Gasteiger partial charge in [-0.1, -0.05) is 6.42 Å². The number of hydrogen-bond acceptors (Lipinski definition) is 4. The van der Waals surface area contributed by atoms with Crippen LogP contribution in [-0.4, -0.2) is 28.2 Å². The number of rotatable bonds is 4. The van der Waals surface area contributed by atoms with E-state index >= 15 is 0 Å². The molecule has 2 unspecified atom stereocenters. The highest BCUT2D eigenvalue weighted by atomic mass is 79.9. The largest absolute Gasteiger partial charge is 0.396 e. The highest BCUT2D eigenvalue weighted by Gasteiger charge is 2.26. The maximum Gasteiger partial charge on any atom is 0.143 e. The van der Waals surface area contributed by atoms with E-state index in [-0.39, 0.29) is 0 Å². The van der Waals surface area contributed by atoms with Crippen LogP contribution in [0.1, 0.15) is 19.3 Å². The van der Waals surface area contributed by atoms with E-state index in [9.17, 15) is 5.11 Å². The predicted octanol–water partition coefficient (Wildman–Crippen LogP) is 2.06. The van der Waals surface area contributed by atoms with E-state index < -0.39 is 0 Å². The van der Waals surface area contributed by atoms with E-state index in [0.717, 1.165) is 23.3 Å². The van der Waals surface area contributed by atoms with Crippen molar-refractivity contribution in [3.8, 4) is 0 Å². The van der Waals surface area contributed by atoms with Crippen molar-refractivity contribution in [2.45, 2.75) is 19.3 Å². The molecule has 0 aliphatic heterocycles. The Balaban J connectivity index is 1.90. The molecule has 1 aliphatic carbocycles. The Morgan fingerprint density at radius 3 is 3.00 bits per heavy atom. The van der Waals surface area contributed by atoms with Crippen LogP contribution in [-0.2, 0) is 0 Å². The molecule has 1 aliphatic rings. The standard InChI is InChI=1S/C11H16BrN3O/c12-10-5-13-7-15-11(10)14-4-8-2-1-3-9(8)6-16/h5,7-9,16H,1-4,6H2,(H,13,14,15). The second-order valence-electron chi connectivity index (χ2n) is 4.23.